The molecular formula is C21H18ClNO6S2. The molecule has 0 saturated heterocycles. The van der Waals surface area contributed by atoms with Crippen molar-refractivity contribution in [2.75, 3.05) is 19.5 Å². The predicted molar refractivity (Wildman–Crippen MR) is 118 cm³/mol. The van der Waals surface area contributed by atoms with Gasteiger partial charge in [0.25, 0.3) is 0 Å². The highest BCUT2D eigenvalue weighted by Crippen LogP contribution is 2.48. The predicted octanol–water partition coefficient (Wildman–Crippen LogP) is 4.43. The van der Waals surface area contributed by atoms with Gasteiger partial charge in [-0.3, -0.25) is 4.79 Å². The number of sulfone groups is 1. The Morgan fingerprint density at radius 3 is 2.32 bits per heavy atom. The molecule has 0 bridgehead atoms. The third-order valence-corrected chi connectivity index (χ3v) is 8.37. The SMILES string of the molecule is COc1cc(C2CC(=O)Nc3c(S(=O)(=O)c4ccc(Cl)cc4)csc32)cc(OC)c1O. The highest BCUT2D eigenvalue weighted by molar-refractivity contribution is 7.91. The van der Waals surface area contributed by atoms with E-state index in [1.807, 2.05) is 0 Å². The average Bonchev–Trinajstić information content (AvgIpc) is 3.18. The van der Waals surface area contributed by atoms with E-state index in [1.54, 1.807) is 12.1 Å². The second-order valence-corrected chi connectivity index (χ2v) is 10.1. The molecule has 0 spiro atoms. The zero-order valence-electron chi connectivity index (χ0n) is 16.5. The highest BCUT2D eigenvalue weighted by Gasteiger charge is 2.35. The van der Waals surface area contributed by atoms with Crippen molar-refractivity contribution in [3.8, 4) is 17.2 Å². The molecule has 1 unspecified atom stereocenters. The number of fused-ring (bicyclic) bond motifs is 1. The van der Waals surface area contributed by atoms with Gasteiger partial charge in [0.1, 0.15) is 4.90 Å². The molecule has 4 rings (SSSR count). The Labute approximate surface area is 188 Å². The Balaban J connectivity index is 1.84. The molecule has 0 fully saturated rings. The monoisotopic (exact) mass is 479 g/mol. The summed E-state index contributed by atoms with van der Waals surface area (Å²) in [5.41, 5.74) is 0.937. The van der Waals surface area contributed by atoms with Crippen LogP contribution in [0.4, 0.5) is 5.69 Å². The molecule has 7 nitrogen and oxygen atoms in total. The molecule has 0 aliphatic carbocycles. The maximum absolute atomic E-state index is 13.2. The number of rotatable bonds is 5. The minimum Gasteiger partial charge on any atom is -0.502 e. The van der Waals surface area contributed by atoms with E-state index < -0.39 is 15.8 Å². The third kappa shape index (κ3) is 3.73. The molecule has 2 N–H and O–H groups in total. The number of aromatic hydroxyl groups is 1. The fourth-order valence-corrected chi connectivity index (χ4v) is 6.56. The second kappa shape index (κ2) is 8.07. The minimum atomic E-state index is -3.87. The summed E-state index contributed by atoms with van der Waals surface area (Å²) in [6.45, 7) is 0. The fourth-order valence-electron chi connectivity index (χ4n) is 3.53. The van der Waals surface area contributed by atoms with E-state index in [4.69, 9.17) is 21.1 Å². The van der Waals surface area contributed by atoms with Crippen molar-refractivity contribution in [2.24, 2.45) is 0 Å². The van der Waals surface area contributed by atoms with Crippen LogP contribution < -0.4 is 14.8 Å². The maximum atomic E-state index is 13.2. The van der Waals surface area contributed by atoms with Crippen LogP contribution >= 0.6 is 22.9 Å². The molecule has 10 heteroatoms. The van der Waals surface area contributed by atoms with Crippen LogP contribution in [0.5, 0.6) is 17.2 Å². The van der Waals surface area contributed by atoms with Gasteiger partial charge < -0.3 is 19.9 Å². The Morgan fingerprint density at radius 1 is 1.13 bits per heavy atom. The summed E-state index contributed by atoms with van der Waals surface area (Å²) in [6, 6.07) is 9.11. The average molecular weight is 480 g/mol. The number of amides is 1. The molecule has 31 heavy (non-hydrogen) atoms. The van der Waals surface area contributed by atoms with Crippen LogP contribution in [0.25, 0.3) is 0 Å². The third-order valence-electron chi connectivity index (χ3n) is 5.07. The summed E-state index contributed by atoms with van der Waals surface area (Å²) < 4.78 is 36.9. The van der Waals surface area contributed by atoms with Gasteiger partial charge in [-0.05, 0) is 42.0 Å². The summed E-state index contributed by atoms with van der Waals surface area (Å²) in [4.78, 5) is 13.3. The van der Waals surface area contributed by atoms with Crippen LogP contribution in [-0.4, -0.2) is 33.7 Å². The number of hydrogen-bond acceptors (Lipinski definition) is 7. The number of thiophene rings is 1. The van der Waals surface area contributed by atoms with Crippen LogP contribution in [0.3, 0.4) is 0 Å². The first-order valence-corrected chi connectivity index (χ1v) is 11.9. The van der Waals surface area contributed by atoms with Gasteiger partial charge in [0.05, 0.1) is 24.8 Å². The van der Waals surface area contributed by atoms with Gasteiger partial charge >= 0.3 is 0 Å². The Kier molecular flexibility index (Phi) is 5.59. The van der Waals surface area contributed by atoms with Crippen molar-refractivity contribution in [2.45, 2.75) is 22.1 Å². The van der Waals surface area contributed by atoms with Crippen molar-refractivity contribution in [1.29, 1.82) is 0 Å². The number of carbonyl (C=O) groups is 1. The molecule has 0 saturated carbocycles. The van der Waals surface area contributed by atoms with Crippen LogP contribution in [0, 0.1) is 0 Å². The largest absolute Gasteiger partial charge is 0.502 e. The summed E-state index contributed by atoms with van der Waals surface area (Å²) in [5.74, 6) is -0.480. The van der Waals surface area contributed by atoms with Crippen molar-refractivity contribution in [1.82, 2.24) is 0 Å². The molecule has 1 amide bonds. The number of ether oxygens (including phenoxy) is 2. The topological polar surface area (TPSA) is 102 Å². The molecule has 0 radical (unpaired) electrons. The number of carbonyl (C=O) groups excluding carboxylic acids is 1. The Morgan fingerprint density at radius 2 is 1.74 bits per heavy atom. The Bertz CT molecular complexity index is 1240. The van der Waals surface area contributed by atoms with Crippen molar-refractivity contribution in [3.63, 3.8) is 0 Å². The van der Waals surface area contributed by atoms with Crippen molar-refractivity contribution in [3.05, 3.63) is 57.2 Å². The van der Waals surface area contributed by atoms with Gasteiger partial charge in [0.2, 0.25) is 21.5 Å². The zero-order valence-corrected chi connectivity index (χ0v) is 18.9. The number of halogens is 1. The first-order valence-electron chi connectivity index (χ1n) is 9.13. The lowest BCUT2D eigenvalue weighted by molar-refractivity contribution is -0.116. The highest BCUT2D eigenvalue weighted by atomic mass is 35.5. The van der Waals surface area contributed by atoms with E-state index in [-0.39, 0.29) is 45.1 Å². The lowest BCUT2D eigenvalue weighted by Gasteiger charge is -2.24. The van der Waals surface area contributed by atoms with Gasteiger partial charge in [0.15, 0.2) is 11.5 Å². The molecule has 162 valence electrons. The lowest BCUT2D eigenvalue weighted by atomic mass is 9.90. The van der Waals surface area contributed by atoms with E-state index in [1.165, 1.54) is 55.2 Å². The van der Waals surface area contributed by atoms with Crippen molar-refractivity contribution >= 4 is 44.4 Å². The summed E-state index contributed by atoms with van der Waals surface area (Å²) in [5, 5.41) is 14.9. The first-order chi connectivity index (χ1) is 14.8. The number of phenolic OH excluding ortho intramolecular Hbond substituents is 1. The van der Waals surface area contributed by atoms with Gasteiger partial charge in [-0.2, -0.15) is 0 Å². The molecule has 1 atom stereocenters. The summed E-state index contributed by atoms with van der Waals surface area (Å²) in [7, 11) is -1.04. The lowest BCUT2D eigenvalue weighted by Crippen LogP contribution is -2.23. The normalized spacial score (nSPS) is 15.8. The first kappa shape index (κ1) is 21.5. The summed E-state index contributed by atoms with van der Waals surface area (Å²) in [6.07, 6.45) is 0.116. The number of benzene rings is 2. The molecule has 2 heterocycles. The molecule has 1 aromatic heterocycles. The van der Waals surface area contributed by atoms with Crippen LogP contribution in [0.15, 0.2) is 51.6 Å². The van der Waals surface area contributed by atoms with Gasteiger partial charge in [-0.25, -0.2) is 8.42 Å². The van der Waals surface area contributed by atoms with E-state index in [2.05, 4.69) is 5.32 Å². The number of methoxy groups -OCH3 is 2. The number of nitrogens with one attached hydrogen (secondary N) is 1. The van der Waals surface area contributed by atoms with Gasteiger partial charge in [-0.15, -0.1) is 11.3 Å². The van der Waals surface area contributed by atoms with E-state index >= 15 is 0 Å². The molecule has 1 aliphatic rings. The zero-order chi connectivity index (χ0) is 22.3. The maximum Gasteiger partial charge on any atom is 0.225 e. The fraction of sp³-hybridized carbons (Fsp3) is 0.190. The molecular weight excluding hydrogens is 462 g/mol. The van der Waals surface area contributed by atoms with E-state index in [0.717, 1.165) is 0 Å². The van der Waals surface area contributed by atoms with Crippen LogP contribution in [0.1, 0.15) is 22.8 Å². The smallest absolute Gasteiger partial charge is 0.225 e. The molecule has 2 aromatic carbocycles. The Hall–Kier alpha value is -2.75. The standard InChI is InChI=1S/C21H18ClNO6S2/c1-28-15-7-11(8-16(29-2)20(15)25)14-9-18(24)23-19-17(10-30-21(14)19)31(26,27)13-5-3-12(22)4-6-13/h3-8,10,14,25H,9H2,1-2H3,(H,23,24). The minimum absolute atomic E-state index is 0.0329. The molecule has 1 aliphatic heterocycles. The van der Waals surface area contributed by atoms with Crippen LogP contribution in [-0.2, 0) is 14.6 Å². The molecule has 3 aromatic rings. The van der Waals surface area contributed by atoms with Gasteiger partial charge in [-0.1, -0.05) is 11.6 Å². The van der Waals surface area contributed by atoms with Crippen LogP contribution in [0.2, 0.25) is 5.02 Å². The number of anilines is 1. The second-order valence-electron chi connectivity index (χ2n) is 6.88. The van der Waals surface area contributed by atoms with Gasteiger partial charge in [0, 0.05) is 27.6 Å². The number of phenols is 1. The summed E-state index contributed by atoms with van der Waals surface area (Å²) >= 11 is 7.13. The van der Waals surface area contributed by atoms with E-state index in [9.17, 15) is 18.3 Å². The quantitative estimate of drug-likeness (QED) is 0.561. The van der Waals surface area contributed by atoms with E-state index in [0.29, 0.717) is 15.5 Å². The van der Waals surface area contributed by atoms with Crippen molar-refractivity contribution < 1.29 is 27.8 Å². The number of hydrogen-bond donors (Lipinski definition) is 2.